The summed E-state index contributed by atoms with van der Waals surface area (Å²) in [6, 6.07) is 0. The standard InChI is InChI=1S/C16H22O11/c1-7(18)14(24)13(23)12(6-17)27-16(9(3)20,26-11(5)22)15(14,8(2)19)25-10(4)21/h12-13,17,23-24H,6H2,1-5H3/t12-,13-,14+,15+,16+/m1/s1. The molecule has 5 atom stereocenters. The monoisotopic (exact) mass is 390 g/mol. The molecule has 11 heteroatoms. The zero-order valence-electron chi connectivity index (χ0n) is 15.5. The van der Waals surface area contributed by atoms with E-state index in [2.05, 4.69) is 0 Å². The van der Waals surface area contributed by atoms with Crippen molar-refractivity contribution >= 4 is 29.3 Å². The van der Waals surface area contributed by atoms with Gasteiger partial charge in [-0.3, -0.25) is 24.0 Å². The van der Waals surface area contributed by atoms with Crippen molar-refractivity contribution in [2.75, 3.05) is 6.61 Å². The minimum absolute atomic E-state index is 0.743. The van der Waals surface area contributed by atoms with Crippen LogP contribution >= 0.6 is 0 Å². The average molecular weight is 390 g/mol. The Kier molecular flexibility index (Phi) is 6.28. The molecular weight excluding hydrogens is 368 g/mol. The van der Waals surface area contributed by atoms with Gasteiger partial charge in [0.2, 0.25) is 11.4 Å². The van der Waals surface area contributed by atoms with Gasteiger partial charge in [0, 0.05) is 20.8 Å². The third-order valence-corrected chi connectivity index (χ3v) is 4.36. The lowest BCUT2D eigenvalue weighted by atomic mass is 9.64. The van der Waals surface area contributed by atoms with Crippen LogP contribution in [0, 0.1) is 0 Å². The number of ether oxygens (including phenoxy) is 3. The zero-order valence-corrected chi connectivity index (χ0v) is 15.5. The fourth-order valence-corrected chi connectivity index (χ4v) is 3.32. The van der Waals surface area contributed by atoms with E-state index in [0.29, 0.717) is 0 Å². The van der Waals surface area contributed by atoms with Crippen molar-refractivity contribution in [3.05, 3.63) is 0 Å². The van der Waals surface area contributed by atoms with Gasteiger partial charge in [-0.05, 0) is 13.8 Å². The average Bonchev–Trinajstić information content (AvgIpc) is 2.52. The third kappa shape index (κ3) is 3.06. The van der Waals surface area contributed by atoms with Gasteiger partial charge in [-0.1, -0.05) is 0 Å². The van der Waals surface area contributed by atoms with E-state index in [1.165, 1.54) is 0 Å². The lowest BCUT2D eigenvalue weighted by molar-refractivity contribution is -0.376. The molecule has 0 aliphatic carbocycles. The first-order valence-corrected chi connectivity index (χ1v) is 7.86. The number of hydrogen-bond acceptors (Lipinski definition) is 11. The summed E-state index contributed by atoms with van der Waals surface area (Å²) in [6.45, 7) is 2.88. The lowest BCUT2D eigenvalue weighted by Crippen LogP contribution is -2.86. The van der Waals surface area contributed by atoms with Crippen molar-refractivity contribution in [3.8, 4) is 0 Å². The molecule has 3 N–H and O–H groups in total. The van der Waals surface area contributed by atoms with Crippen LogP contribution < -0.4 is 0 Å². The smallest absolute Gasteiger partial charge is 0.324 e. The Hall–Kier alpha value is -2.21. The third-order valence-electron chi connectivity index (χ3n) is 4.36. The second-order valence-electron chi connectivity index (χ2n) is 6.20. The van der Waals surface area contributed by atoms with Gasteiger partial charge in [0.25, 0.3) is 5.60 Å². The van der Waals surface area contributed by atoms with Crippen LogP contribution in [0.4, 0.5) is 0 Å². The predicted molar refractivity (Wildman–Crippen MR) is 84.0 cm³/mol. The topological polar surface area (TPSA) is 174 Å². The molecule has 27 heavy (non-hydrogen) atoms. The van der Waals surface area contributed by atoms with E-state index < -0.39 is 65.1 Å². The summed E-state index contributed by atoms with van der Waals surface area (Å²) >= 11 is 0. The highest BCUT2D eigenvalue weighted by Crippen LogP contribution is 2.49. The normalized spacial score (nSPS) is 35.9. The molecule has 0 unspecified atom stereocenters. The van der Waals surface area contributed by atoms with E-state index in [-0.39, 0.29) is 0 Å². The SMILES string of the molecule is CC(=O)O[C@@]1(C(C)=O)O[C@H](CO)[C@@H](O)[C@@](O)(C(C)=O)[C@@]1(OC(C)=O)C(C)=O. The Morgan fingerprint density at radius 3 is 1.67 bits per heavy atom. The van der Waals surface area contributed by atoms with E-state index in [4.69, 9.17) is 14.2 Å². The molecule has 1 fully saturated rings. The minimum Gasteiger partial charge on any atom is -0.440 e. The number of aliphatic hydroxyl groups is 3. The molecule has 0 bridgehead atoms. The maximum absolute atomic E-state index is 12.6. The Labute approximate surface area is 154 Å². The van der Waals surface area contributed by atoms with Crippen molar-refractivity contribution in [2.24, 2.45) is 0 Å². The number of rotatable bonds is 6. The van der Waals surface area contributed by atoms with Crippen LogP contribution in [0.15, 0.2) is 0 Å². The summed E-state index contributed by atoms with van der Waals surface area (Å²) in [7, 11) is 0. The van der Waals surface area contributed by atoms with Crippen LogP contribution in [0.5, 0.6) is 0 Å². The van der Waals surface area contributed by atoms with E-state index in [0.717, 1.165) is 34.6 Å². The van der Waals surface area contributed by atoms with E-state index in [1.807, 2.05) is 0 Å². The second-order valence-corrected chi connectivity index (χ2v) is 6.20. The predicted octanol–water partition coefficient (Wildman–Crippen LogP) is -2.20. The number of carbonyl (C=O) groups excluding carboxylic acids is 5. The highest BCUT2D eigenvalue weighted by atomic mass is 16.8. The Balaban J connectivity index is 4.13. The Morgan fingerprint density at radius 2 is 1.37 bits per heavy atom. The first-order chi connectivity index (χ1) is 12.2. The molecule has 1 aliphatic heterocycles. The van der Waals surface area contributed by atoms with E-state index >= 15 is 0 Å². The molecular formula is C16H22O11. The molecule has 152 valence electrons. The fraction of sp³-hybridized carbons (Fsp3) is 0.688. The molecule has 0 aromatic heterocycles. The highest BCUT2D eigenvalue weighted by Gasteiger charge is 2.82. The van der Waals surface area contributed by atoms with Crippen LogP contribution in [0.1, 0.15) is 34.6 Å². The van der Waals surface area contributed by atoms with Gasteiger partial charge < -0.3 is 29.5 Å². The lowest BCUT2D eigenvalue weighted by Gasteiger charge is -2.57. The van der Waals surface area contributed by atoms with Crippen molar-refractivity contribution in [3.63, 3.8) is 0 Å². The number of aliphatic hydroxyl groups excluding tert-OH is 2. The maximum atomic E-state index is 12.6. The number of carbonyl (C=O) groups is 5. The number of esters is 2. The minimum atomic E-state index is -3.28. The summed E-state index contributed by atoms with van der Waals surface area (Å²) in [5.41, 5.74) is -6.54. The highest BCUT2D eigenvalue weighted by molar-refractivity contribution is 6.06. The van der Waals surface area contributed by atoms with Gasteiger partial charge in [0.15, 0.2) is 11.6 Å². The van der Waals surface area contributed by atoms with Gasteiger partial charge in [0.1, 0.15) is 12.2 Å². The number of hydrogen-bond donors (Lipinski definition) is 3. The van der Waals surface area contributed by atoms with Crippen LogP contribution in [-0.2, 0) is 38.2 Å². The molecule has 0 aromatic carbocycles. The van der Waals surface area contributed by atoms with E-state index in [9.17, 15) is 39.3 Å². The summed E-state index contributed by atoms with van der Waals surface area (Å²) < 4.78 is 15.1. The largest absolute Gasteiger partial charge is 0.440 e. The van der Waals surface area contributed by atoms with Crippen molar-refractivity contribution in [1.82, 2.24) is 0 Å². The summed E-state index contributed by atoms with van der Waals surface area (Å²) in [5, 5.41) is 31.0. The van der Waals surface area contributed by atoms with E-state index in [1.54, 1.807) is 0 Å². The molecule has 1 rings (SSSR count). The van der Waals surface area contributed by atoms with Gasteiger partial charge in [-0.25, -0.2) is 0 Å². The van der Waals surface area contributed by atoms with Crippen molar-refractivity contribution in [1.29, 1.82) is 0 Å². The second kappa shape index (κ2) is 7.43. The van der Waals surface area contributed by atoms with Gasteiger partial charge in [0.05, 0.1) is 6.61 Å². The van der Waals surface area contributed by atoms with Crippen LogP contribution in [-0.4, -0.2) is 80.4 Å². The first-order valence-electron chi connectivity index (χ1n) is 7.86. The van der Waals surface area contributed by atoms with Crippen molar-refractivity contribution < 1.29 is 53.5 Å². The van der Waals surface area contributed by atoms with Gasteiger partial charge >= 0.3 is 17.7 Å². The molecule has 0 radical (unpaired) electrons. The summed E-state index contributed by atoms with van der Waals surface area (Å²) in [5.74, 6) is -9.43. The van der Waals surface area contributed by atoms with Crippen LogP contribution in [0.25, 0.3) is 0 Å². The number of ketones is 3. The fourth-order valence-electron chi connectivity index (χ4n) is 3.32. The zero-order chi connectivity index (χ0) is 21.4. The van der Waals surface area contributed by atoms with Crippen LogP contribution in [0.2, 0.25) is 0 Å². The number of Topliss-reactive ketones (excluding diaryl/α,β-unsaturated/α-hetero) is 3. The molecule has 0 amide bonds. The maximum Gasteiger partial charge on any atom is 0.324 e. The molecule has 1 aliphatic rings. The molecule has 1 heterocycles. The quantitative estimate of drug-likeness (QED) is 0.420. The Morgan fingerprint density at radius 1 is 0.889 bits per heavy atom. The summed E-state index contributed by atoms with van der Waals surface area (Å²) in [6.07, 6.45) is -4.16. The van der Waals surface area contributed by atoms with Crippen molar-refractivity contribution in [2.45, 2.75) is 63.8 Å². The van der Waals surface area contributed by atoms with Crippen LogP contribution in [0.3, 0.4) is 0 Å². The molecule has 0 aromatic rings. The van der Waals surface area contributed by atoms with Gasteiger partial charge in [-0.15, -0.1) is 0 Å². The first kappa shape index (κ1) is 22.8. The molecule has 0 spiro atoms. The Bertz CT molecular complexity index is 686. The molecule has 0 saturated carbocycles. The molecule has 1 saturated heterocycles. The van der Waals surface area contributed by atoms with Gasteiger partial charge in [-0.2, -0.15) is 0 Å². The summed E-state index contributed by atoms with van der Waals surface area (Å²) in [4.78, 5) is 60.9. The molecule has 11 nitrogen and oxygen atoms in total.